The maximum atomic E-state index is 5.87. The molecule has 0 spiro atoms. The summed E-state index contributed by atoms with van der Waals surface area (Å²) in [6, 6.07) is 15.5. The molecule has 3 aromatic rings. The van der Waals surface area contributed by atoms with E-state index in [-0.39, 0.29) is 19.2 Å². The molecule has 0 unspecified atom stereocenters. The number of nitrogens with zero attached hydrogens (tertiary/aromatic N) is 1. The van der Waals surface area contributed by atoms with Crippen LogP contribution in [0, 0.1) is 0 Å². The molecule has 1 N–H and O–H groups in total. The molecule has 0 atom stereocenters. The minimum absolute atomic E-state index is 0. The fourth-order valence-corrected chi connectivity index (χ4v) is 3.11. The molecule has 4 rings (SSSR count). The number of hydrogen-bond acceptors (Lipinski definition) is 6. The molecule has 30 heavy (non-hydrogen) atoms. The van der Waals surface area contributed by atoms with Crippen molar-refractivity contribution in [3.8, 4) is 23.0 Å². The summed E-state index contributed by atoms with van der Waals surface area (Å²) in [5.74, 6) is 2.96. The van der Waals surface area contributed by atoms with Gasteiger partial charge in [0.05, 0.1) is 7.11 Å². The Balaban J connectivity index is 0.00000256. The zero-order valence-corrected chi connectivity index (χ0v) is 17.9. The zero-order valence-electron chi connectivity index (χ0n) is 16.4. The molecular formula is C22H21Cl2N2O4-. The van der Waals surface area contributed by atoms with Gasteiger partial charge in [0.15, 0.2) is 23.0 Å². The summed E-state index contributed by atoms with van der Waals surface area (Å²) < 4.78 is 22.1. The van der Waals surface area contributed by atoms with Crippen molar-refractivity contribution in [2.24, 2.45) is 0 Å². The van der Waals surface area contributed by atoms with Crippen LogP contribution in [0.1, 0.15) is 16.7 Å². The number of nitrogens with one attached hydrogen (secondary N) is 1. The number of benzene rings is 2. The first-order valence-corrected chi connectivity index (χ1v) is 9.58. The summed E-state index contributed by atoms with van der Waals surface area (Å²) in [6.45, 7) is 2.10. The Labute approximate surface area is 186 Å². The fraction of sp³-hybridized carbons (Fsp3) is 0.227. The molecule has 1 aromatic heterocycles. The Morgan fingerprint density at radius 3 is 2.43 bits per heavy atom. The molecule has 1 aliphatic rings. The second-order valence-electron chi connectivity index (χ2n) is 6.55. The topological polar surface area (TPSA) is 61.8 Å². The van der Waals surface area contributed by atoms with Crippen molar-refractivity contribution >= 4 is 11.6 Å². The molecule has 158 valence electrons. The van der Waals surface area contributed by atoms with Gasteiger partial charge >= 0.3 is 0 Å². The van der Waals surface area contributed by atoms with Crippen LogP contribution in [0.2, 0.25) is 5.15 Å². The van der Waals surface area contributed by atoms with Gasteiger partial charge in [0, 0.05) is 24.8 Å². The average Bonchev–Trinajstić information content (AvgIpc) is 3.22. The Kier molecular flexibility index (Phi) is 7.63. The van der Waals surface area contributed by atoms with Crippen molar-refractivity contribution in [3.05, 3.63) is 76.6 Å². The number of aromatic nitrogens is 1. The lowest BCUT2D eigenvalue weighted by Crippen LogP contribution is -3.00. The third-order valence-electron chi connectivity index (χ3n) is 4.51. The molecule has 2 aromatic carbocycles. The first kappa shape index (κ1) is 22.0. The molecular weight excluding hydrogens is 427 g/mol. The second kappa shape index (κ2) is 10.4. The van der Waals surface area contributed by atoms with E-state index < -0.39 is 0 Å². The first-order valence-electron chi connectivity index (χ1n) is 9.20. The van der Waals surface area contributed by atoms with Crippen LogP contribution in [0.5, 0.6) is 23.0 Å². The molecule has 0 amide bonds. The molecule has 0 saturated heterocycles. The third kappa shape index (κ3) is 5.48. The maximum Gasteiger partial charge on any atom is 0.231 e. The van der Waals surface area contributed by atoms with Crippen molar-refractivity contribution in [1.82, 2.24) is 10.3 Å². The minimum atomic E-state index is 0. The second-order valence-corrected chi connectivity index (χ2v) is 6.94. The lowest BCUT2D eigenvalue weighted by molar-refractivity contribution is -0.00000795. The van der Waals surface area contributed by atoms with E-state index >= 15 is 0 Å². The van der Waals surface area contributed by atoms with Crippen LogP contribution >= 0.6 is 11.6 Å². The number of halogens is 2. The summed E-state index contributed by atoms with van der Waals surface area (Å²) in [7, 11) is 1.63. The van der Waals surface area contributed by atoms with Gasteiger partial charge < -0.3 is 36.7 Å². The van der Waals surface area contributed by atoms with Crippen molar-refractivity contribution in [2.75, 3.05) is 13.9 Å². The summed E-state index contributed by atoms with van der Waals surface area (Å²) in [4.78, 5) is 4.06. The minimum Gasteiger partial charge on any atom is -1.00 e. The molecule has 0 radical (unpaired) electrons. The van der Waals surface area contributed by atoms with E-state index in [1.807, 2.05) is 42.5 Å². The average molecular weight is 448 g/mol. The van der Waals surface area contributed by atoms with E-state index in [9.17, 15) is 0 Å². The van der Waals surface area contributed by atoms with Gasteiger partial charge in [0.2, 0.25) is 6.79 Å². The van der Waals surface area contributed by atoms with Gasteiger partial charge in [-0.05, 0) is 41.5 Å². The van der Waals surface area contributed by atoms with Crippen molar-refractivity contribution in [3.63, 3.8) is 0 Å². The van der Waals surface area contributed by atoms with Gasteiger partial charge in [-0.25, -0.2) is 4.98 Å². The van der Waals surface area contributed by atoms with Crippen LogP contribution in [0.4, 0.5) is 0 Å². The molecule has 1 aliphatic heterocycles. The number of fused-ring (bicyclic) bond motifs is 1. The summed E-state index contributed by atoms with van der Waals surface area (Å²) in [5.41, 5.74) is 3.17. The highest BCUT2D eigenvalue weighted by Gasteiger charge is 2.13. The number of rotatable bonds is 8. The van der Waals surface area contributed by atoms with E-state index in [1.54, 1.807) is 19.4 Å². The molecule has 6 nitrogen and oxygen atoms in total. The van der Waals surface area contributed by atoms with E-state index in [2.05, 4.69) is 10.3 Å². The zero-order chi connectivity index (χ0) is 20.1. The quantitative estimate of drug-likeness (QED) is 0.525. The van der Waals surface area contributed by atoms with Gasteiger partial charge in [-0.15, -0.1) is 0 Å². The van der Waals surface area contributed by atoms with Crippen LogP contribution in [-0.2, 0) is 19.7 Å². The van der Waals surface area contributed by atoms with Crippen LogP contribution in [-0.4, -0.2) is 18.9 Å². The SMILES string of the molecule is COc1cc(CNCc2ccc3c(c2)OCO3)ccc1OCc1ccc(Cl)nc1.[Cl-]. The third-order valence-corrected chi connectivity index (χ3v) is 4.73. The predicted molar refractivity (Wildman–Crippen MR) is 110 cm³/mol. The Bertz CT molecular complexity index is 983. The smallest absolute Gasteiger partial charge is 0.231 e. The molecule has 0 saturated carbocycles. The van der Waals surface area contributed by atoms with Gasteiger partial charge in [0.1, 0.15) is 11.8 Å². The van der Waals surface area contributed by atoms with Crippen LogP contribution in [0.25, 0.3) is 0 Å². The Morgan fingerprint density at radius 1 is 0.933 bits per heavy atom. The largest absolute Gasteiger partial charge is 1.00 e. The predicted octanol–water partition coefficient (Wildman–Crippen LogP) is 1.35. The summed E-state index contributed by atoms with van der Waals surface area (Å²) in [6.07, 6.45) is 1.70. The molecule has 0 aliphatic carbocycles. The van der Waals surface area contributed by atoms with Crippen molar-refractivity contribution < 1.29 is 31.4 Å². The first-order chi connectivity index (χ1) is 14.2. The monoisotopic (exact) mass is 447 g/mol. The van der Waals surface area contributed by atoms with Gasteiger partial charge in [-0.1, -0.05) is 29.8 Å². The fourth-order valence-electron chi connectivity index (χ4n) is 3.00. The van der Waals surface area contributed by atoms with Crippen LogP contribution in [0.3, 0.4) is 0 Å². The lowest BCUT2D eigenvalue weighted by Gasteiger charge is -2.13. The number of methoxy groups -OCH3 is 1. The molecule has 0 fully saturated rings. The summed E-state index contributed by atoms with van der Waals surface area (Å²) in [5, 5.41) is 3.89. The normalized spacial score (nSPS) is 11.7. The molecule has 0 bridgehead atoms. The standard InChI is InChI=1S/C22H21ClN2O4.ClH/c1-26-20-8-15(2-5-18(20)27-13-17-4-7-22(23)25-12-17)10-24-11-16-3-6-19-21(9-16)29-14-28-19;/h2-9,12,24H,10-11,13-14H2,1H3;1H/p-1. The summed E-state index contributed by atoms with van der Waals surface area (Å²) >= 11 is 5.81. The maximum absolute atomic E-state index is 5.87. The Morgan fingerprint density at radius 2 is 1.67 bits per heavy atom. The number of hydrogen-bond donors (Lipinski definition) is 1. The van der Waals surface area contributed by atoms with E-state index in [1.165, 1.54) is 0 Å². The highest BCUT2D eigenvalue weighted by Crippen LogP contribution is 2.32. The van der Waals surface area contributed by atoms with Gasteiger partial charge in [-0.2, -0.15) is 0 Å². The molecule has 2 heterocycles. The van der Waals surface area contributed by atoms with Gasteiger partial charge in [0.25, 0.3) is 0 Å². The van der Waals surface area contributed by atoms with Gasteiger partial charge in [-0.3, -0.25) is 0 Å². The number of ether oxygens (including phenoxy) is 4. The van der Waals surface area contributed by atoms with Crippen LogP contribution in [0.15, 0.2) is 54.7 Å². The Hall–Kier alpha value is -2.67. The van der Waals surface area contributed by atoms with E-state index in [0.717, 1.165) is 34.7 Å². The van der Waals surface area contributed by atoms with Crippen molar-refractivity contribution in [1.29, 1.82) is 0 Å². The molecule has 8 heteroatoms. The van der Waals surface area contributed by atoms with Crippen LogP contribution < -0.4 is 36.7 Å². The highest BCUT2D eigenvalue weighted by molar-refractivity contribution is 6.29. The highest BCUT2D eigenvalue weighted by atomic mass is 35.5. The van der Waals surface area contributed by atoms with Crippen molar-refractivity contribution in [2.45, 2.75) is 19.7 Å². The lowest BCUT2D eigenvalue weighted by atomic mass is 10.1. The number of pyridine rings is 1. The van der Waals surface area contributed by atoms with E-state index in [4.69, 9.17) is 30.5 Å². The van der Waals surface area contributed by atoms with E-state index in [0.29, 0.717) is 29.8 Å².